The van der Waals surface area contributed by atoms with Gasteiger partial charge in [-0.3, -0.25) is 9.36 Å². The van der Waals surface area contributed by atoms with E-state index in [4.69, 9.17) is 0 Å². The number of hydrogen-bond donors (Lipinski definition) is 0. The van der Waals surface area contributed by atoms with E-state index in [0.717, 1.165) is 49.8 Å². The molecule has 10 heteroatoms. The van der Waals surface area contributed by atoms with E-state index in [1.54, 1.807) is 11.9 Å². The van der Waals surface area contributed by atoms with Gasteiger partial charge >= 0.3 is 0 Å². The molecule has 0 saturated carbocycles. The van der Waals surface area contributed by atoms with Crippen molar-refractivity contribution in [1.29, 1.82) is 0 Å². The average molecular weight is 507 g/mol. The van der Waals surface area contributed by atoms with Gasteiger partial charge < -0.3 is 9.80 Å². The zero-order valence-corrected chi connectivity index (χ0v) is 20.3. The summed E-state index contributed by atoms with van der Waals surface area (Å²) in [7, 11) is 3.81. The largest absolute Gasteiger partial charge is 0.340 e. The highest BCUT2D eigenvalue weighted by Gasteiger charge is 2.25. The minimum absolute atomic E-state index is 0.243. The van der Waals surface area contributed by atoms with Crippen LogP contribution in [0.25, 0.3) is 5.69 Å². The predicted molar refractivity (Wildman–Crippen MR) is 127 cm³/mol. The van der Waals surface area contributed by atoms with Crippen molar-refractivity contribution in [2.75, 3.05) is 33.7 Å². The van der Waals surface area contributed by atoms with Crippen molar-refractivity contribution in [3.05, 3.63) is 77.1 Å². The third kappa shape index (κ3) is 5.70. The molecule has 1 aliphatic rings. The van der Waals surface area contributed by atoms with Crippen LogP contribution < -0.4 is 0 Å². The van der Waals surface area contributed by atoms with E-state index in [2.05, 4.69) is 16.9 Å². The van der Waals surface area contributed by atoms with Gasteiger partial charge in [0, 0.05) is 30.6 Å². The zero-order chi connectivity index (χ0) is 25.1. The van der Waals surface area contributed by atoms with Crippen LogP contribution in [0.2, 0.25) is 0 Å². The monoisotopic (exact) mass is 506 g/mol. The normalized spacial score (nSPS) is 14.9. The van der Waals surface area contributed by atoms with Crippen molar-refractivity contribution in [3.63, 3.8) is 0 Å². The molecule has 2 aromatic carbocycles. The molecule has 0 radical (unpaired) electrons. The maximum Gasteiger partial charge on any atom is 0.272 e. The van der Waals surface area contributed by atoms with Crippen molar-refractivity contribution in [2.24, 2.45) is 5.92 Å². The average Bonchev–Trinajstić information content (AvgIpc) is 3.26. The molecule has 2 heterocycles. The summed E-state index contributed by atoms with van der Waals surface area (Å²) >= 11 is 0.957. The molecule has 1 aromatic heterocycles. The molecule has 0 aliphatic carbocycles. The Morgan fingerprint density at radius 1 is 1.06 bits per heavy atom. The molecule has 1 amide bonds. The van der Waals surface area contributed by atoms with Crippen molar-refractivity contribution >= 4 is 17.7 Å². The summed E-state index contributed by atoms with van der Waals surface area (Å²) in [5.41, 5.74) is 0.299. The topological polar surface area (TPSA) is 41.4 Å². The predicted octanol–water partition coefficient (Wildman–Crippen LogP) is 5.13. The Morgan fingerprint density at radius 3 is 2.40 bits per heavy atom. The number of hydrogen-bond acceptors (Lipinski definition) is 4. The van der Waals surface area contributed by atoms with Crippen molar-refractivity contribution in [1.82, 2.24) is 19.4 Å². The summed E-state index contributed by atoms with van der Waals surface area (Å²) in [5, 5.41) is 0.274. The molecule has 4 rings (SSSR count). The lowest BCUT2D eigenvalue weighted by Crippen LogP contribution is -2.38. The Morgan fingerprint density at radius 2 is 1.71 bits per heavy atom. The van der Waals surface area contributed by atoms with Crippen LogP contribution in [-0.2, 0) is 5.75 Å². The van der Waals surface area contributed by atoms with Gasteiger partial charge in [-0.2, -0.15) is 0 Å². The van der Waals surface area contributed by atoms with Gasteiger partial charge in [-0.15, -0.1) is 0 Å². The molecule has 0 atom stereocenters. The van der Waals surface area contributed by atoms with Crippen LogP contribution >= 0.6 is 11.8 Å². The minimum atomic E-state index is -1.26. The summed E-state index contributed by atoms with van der Waals surface area (Å²) in [6.07, 6.45) is 3.39. The lowest BCUT2D eigenvalue weighted by atomic mass is 9.96. The van der Waals surface area contributed by atoms with Gasteiger partial charge in [0.1, 0.15) is 17.3 Å². The number of amides is 1. The quantitative estimate of drug-likeness (QED) is 0.253. The number of piperidine rings is 1. The Balaban J connectivity index is 1.61. The highest BCUT2D eigenvalue weighted by Crippen LogP contribution is 2.30. The summed E-state index contributed by atoms with van der Waals surface area (Å²) in [6, 6.07) is 7.11. The third-order valence-corrected chi connectivity index (χ3v) is 7.21. The van der Waals surface area contributed by atoms with Gasteiger partial charge in [-0.25, -0.2) is 22.5 Å². The molecule has 186 valence electrons. The molecule has 0 unspecified atom stereocenters. The second-order valence-electron chi connectivity index (χ2n) is 8.78. The fourth-order valence-electron chi connectivity index (χ4n) is 4.18. The molecule has 0 spiro atoms. The van der Waals surface area contributed by atoms with Crippen LogP contribution in [0.1, 0.15) is 28.9 Å². The molecule has 5 nitrogen and oxygen atoms in total. The number of benzene rings is 2. The van der Waals surface area contributed by atoms with Gasteiger partial charge in [0.15, 0.2) is 16.8 Å². The van der Waals surface area contributed by atoms with Crippen molar-refractivity contribution in [3.8, 4) is 5.69 Å². The van der Waals surface area contributed by atoms with Crippen LogP contribution in [0.3, 0.4) is 0 Å². The zero-order valence-electron chi connectivity index (χ0n) is 19.5. The third-order valence-electron chi connectivity index (χ3n) is 6.23. The van der Waals surface area contributed by atoms with E-state index in [9.17, 15) is 22.4 Å². The second-order valence-corrected chi connectivity index (χ2v) is 9.72. The fourth-order valence-corrected chi connectivity index (χ4v) is 5.17. The molecule has 1 fully saturated rings. The van der Waals surface area contributed by atoms with E-state index < -0.39 is 28.8 Å². The fraction of sp³-hybridized carbons (Fsp3) is 0.360. The van der Waals surface area contributed by atoms with E-state index in [-0.39, 0.29) is 22.5 Å². The first kappa shape index (κ1) is 25.2. The Bertz CT molecular complexity index is 1190. The van der Waals surface area contributed by atoms with E-state index in [1.807, 2.05) is 0 Å². The van der Waals surface area contributed by atoms with Gasteiger partial charge in [0.25, 0.3) is 5.91 Å². The van der Waals surface area contributed by atoms with Crippen molar-refractivity contribution in [2.45, 2.75) is 23.8 Å². The number of likely N-dealkylation sites (tertiary alicyclic amines) is 1. The molecular weight excluding hydrogens is 480 g/mol. The summed E-state index contributed by atoms with van der Waals surface area (Å²) in [5.74, 6) is -3.84. The summed E-state index contributed by atoms with van der Waals surface area (Å²) < 4.78 is 57.0. The minimum Gasteiger partial charge on any atom is -0.340 e. The lowest BCUT2D eigenvalue weighted by Gasteiger charge is -2.31. The Hall–Kier alpha value is -2.85. The first-order chi connectivity index (χ1) is 16.7. The number of aromatic nitrogens is 2. The van der Waals surface area contributed by atoms with Crippen LogP contribution in [-0.4, -0.2) is 59.0 Å². The number of carbonyl (C=O) groups is 1. The van der Waals surface area contributed by atoms with Crippen LogP contribution in [0.5, 0.6) is 0 Å². The van der Waals surface area contributed by atoms with E-state index in [0.29, 0.717) is 18.2 Å². The number of nitrogens with zero attached hydrogens (tertiary/aromatic N) is 4. The standard InChI is InChI=1S/C25H26F4N4OS/c1-31-11-9-16(10-12-31)14-32(2)24(34)22-13-30-25(33(22)18-5-3-17(26)4-6-18)35-15-19-20(27)7-8-21(28)23(19)29/h3-8,13,16H,9-12,14-15H2,1-2H3. The smallest absolute Gasteiger partial charge is 0.272 e. The first-order valence-electron chi connectivity index (χ1n) is 11.3. The van der Waals surface area contributed by atoms with Crippen LogP contribution in [0, 0.1) is 29.2 Å². The van der Waals surface area contributed by atoms with Gasteiger partial charge in [-0.1, -0.05) is 11.8 Å². The summed E-state index contributed by atoms with van der Waals surface area (Å²) in [4.78, 5) is 21.6. The lowest BCUT2D eigenvalue weighted by molar-refractivity contribution is 0.0738. The number of halogens is 4. The molecule has 0 bridgehead atoms. The van der Waals surface area contributed by atoms with Gasteiger partial charge in [0.2, 0.25) is 0 Å². The van der Waals surface area contributed by atoms with Gasteiger partial charge in [-0.05, 0) is 75.3 Å². The molecule has 1 aliphatic heterocycles. The van der Waals surface area contributed by atoms with E-state index in [1.165, 1.54) is 35.0 Å². The highest BCUT2D eigenvalue weighted by atomic mass is 32.2. The number of carbonyl (C=O) groups excluding carboxylic acids is 1. The molecule has 0 N–H and O–H groups in total. The second kappa shape index (κ2) is 10.8. The number of rotatable bonds is 7. The maximum absolute atomic E-state index is 14.2. The molecule has 1 saturated heterocycles. The Kier molecular flexibility index (Phi) is 7.81. The van der Waals surface area contributed by atoms with Crippen LogP contribution in [0.4, 0.5) is 17.6 Å². The summed E-state index contributed by atoms with van der Waals surface area (Å²) in [6.45, 7) is 2.55. The number of imidazole rings is 1. The Labute approximate surface area is 205 Å². The first-order valence-corrected chi connectivity index (χ1v) is 12.3. The number of thioether (sulfide) groups is 1. The van der Waals surface area contributed by atoms with E-state index >= 15 is 0 Å². The molecule has 35 heavy (non-hydrogen) atoms. The molecule has 3 aromatic rings. The highest BCUT2D eigenvalue weighted by molar-refractivity contribution is 7.98. The maximum atomic E-state index is 14.2. The molecular formula is C25H26F4N4OS. The SMILES string of the molecule is CN1CCC(CN(C)C(=O)c2cnc(SCc3c(F)ccc(F)c3F)n2-c2ccc(F)cc2)CC1. The van der Waals surface area contributed by atoms with Crippen molar-refractivity contribution < 1.29 is 22.4 Å². The van der Waals surface area contributed by atoms with Gasteiger partial charge in [0.05, 0.1) is 6.20 Å². The van der Waals surface area contributed by atoms with Crippen LogP contribution in [0.15, 0.2) is 47.8 Å².